The van der Waals surface area contributed by atoms with Crippen molar-refractivity contribution < 1.29 is 24.2 Å². The number of nitrogens with one attached hydrogen (secondary N) is 2. The highest BCUT2D eigenvalue weighted by atomic mass is 16.5. The molecule has 0 aromatic carbocycles. The molecule has 0 saturated heterocycles. The van der Waals surface area contributed by atoms with Crippen LogP contribution in [0.2, 0.25) is 0 Å². The number of amides is 2. The van der Waals surface area contributed by atoms with Gasteiger partial charge in [0.05, 0.1) is 6.54 Å². The number of likely N-dealkylation sites (N-methyl/N-ethyl adjacent to an activating group) is 1. The van der Waals surface area contributed by atoms with Crippen molar-refractivity contribution in [1.29, 1.82) is 0 Å². The second-order valence-electron chi connectivity index (χ2n) is 2.34. The normalized spacial score (nSPS) is 9.21. The van der Waals surface area contributed by atoms with E-state index in [4.69, 9.17) is 5.11 Å². The van der Waals surface area contributed by atoms with E-state index in [0.29, 0.717) is 0 Å². The van der Waals surface area contributed by atoms with Crippen molar-refractivity contribution in [2.45, 2.75) is 0 Å². The number of aliphatic carboxylic acids is 1. The second-order valence-corrected chi connectivity index (χ2v) is 2.34. The van der Waals surface area contributed by atoms with Gasteiger partial charge in [0.1, 0.15) is 13.2 Å². The van der Waals surface area contributed by atoms with E-state index < -0.39 is 18.5 Å². The lowest BCUT2D eigenvalue weighted by molar-refractivity contribution is -0.143. The minimum atomic E-state index is -1.15. The maximum absolute atomic E-state index is 10.8. The Kier molecular flexibility index (Phi) is 6.04. The monoisotopic (exact) mass is 204 g/mol. The van der Waals surface area contributed by atoms with E-state index in [-0.39, 0.29) is 19.1 Å². The van der Waals surface area contributed by atoms with E-state index in [0.717, 1.165) is 0 Å². The number of carboxylic acid groups (broad SMARTS) is 1. The van der Waals surface area contributed by atoms with Gasteiger partial charge in [0.25, 0.3) is 0 Å². The summed E-state index contributed by atoms with van der Waals surface area (Å²) in [5.74, 6) is -2.02. The van der Waals surface area contributed by atoms with E-state index >= 15 is 0 Å². The molecule has 0 rings (SSSR count). The zero-order chi connectivity index (χ0) is 11.0. The van der Waals surface area contributed by atoms with Crippen molar-refractivity contribution in [3.05, 3.63) is 0 Å². The van der Waals surface area contributed by atoms with Gasteiger partial charge in [-0.15, -0.1) is 0 Å². The maximum atomic E-state index is 10.8. The average molecular weight is 204 g/mol. The molecule has 0 aliphatic carbocycles. The first kappa shape index (κ1) is 12.4. The Morgan fingerprint density at radius 1 is 1.21 bits per heavy atom. The Labute approximate surface area is 80.4 Å². The molecule has 0 bridgehead atoms. The quantitative estimate of drug-likeness (QED) is 0.462. The molecule has 80 valence electrons. The fourth-order valence-corrected chi connectivity index (χ4v) is 0.549. The highest BCUT2D eigenvalue weighted by Crippen LogP contribution is 1.75. The largest absolute Gasteiger partial charge is 0.480 e. The Hall–Kier alpha value is -1.63. The molecule has 0 aromatic rings. The smallest absolute Gasteiger partial charge is 0.329 e. The van der Waals surface area contributed by atoms with Crippen LogP contribution < -0.4 is 10.6 Å². The molecule has 7 nitrogen and oxygen atoms in total. The van der Waals surface area contributed by atoms with Crippen LogP contribution in [-0.2, 0) is 19.1 Å². The summed E-state index contributed by atoms with van der Waals surface area (Å²) in [5.41, 5.74) is 0. The zero-order valence-corrected chi connectivity index (χ0v) is 7.70. The molecule has 0 radical (unpaired) electrons. The first-order valence-electron chi connectivity index (χ1n) is 3.83. The first-order valence-corrected chi connectivity index (χ1v) is 3.83. The van der Waals surface area contributed by atoms with Crippen LogP contribution in [0.3, 0.4) is 0 Å². The minimum absolute atomic E-state index is 0.147. The minimum Gasteiger partial charge on any atom is -0.480 e. The SMILES string of the molecule is CNC(=O)CNC(=O)COCC(=O)O. The predicted molar refractivity (Wildman–Crippen MR) is 45.5 cm³/mol. The predicted octanol–water partition coefficient (Wildman–Crippen LogP) is -2.05. The molecule has 3 N–H and O–H groups in total. The van der Waals surface area contributed by atoms with Crippen molar-refractivity contribution in [1.82, 2.24) is 10.6 Å². The van der Waals surface area contributed by atoms with Gasteiger partial charge >= 0.3 is 5.97 Å². The van der Waals surface area contributed by atoms with Gasteiger partial charge in [-0.25, -0.2) is 4.79 Å². The topological polar surface area (TPSA) is 105 Å². The van der Waals surface area contributed by atoms with Crippen molar-refractivity contribution in [3.8, 4) is 0 Å². The van der Waals surface area contributed by atoms with E-state index in [2.05, 4.69) is 15.4 Å². The van der Waals surface area contributed by atoms with Gasteiger partial charge in [0.2, 0.25) is 11.8 Å². The van der Waals surface area contributed by atoms with Gasteiger partial charge in [-0.3, -0.25) is 9.59 Å². The molecule has 0 saturated carbocycles. The summed E-state index contributed by atoms with van der Waals surface area (Å²) >= 11 is 0. The second kappa shape index (κ2) is 6.84. The van der Waals surface area contributed by atoms with Crippen LogP contribution in [0, 0.1) is 0 Å². The van der Waals surface area contributed by atoms with Gasteiger partial charge in [-0.2, -0.15) is 0 Å². The summed E-state index contributed by atoms with van der Waals surface area (Å²) in [4.78, 5) is 31.4. The number of ether oxygens (including phenoxy) is 1. The lowest BCUT2D eigenvalue weighted by Crippen LogP contribution is -2.37. The number of carbonyl (C=O) groups is 3. The van der Waals surface area contributed by atoms with Gasteiger partial charge in [0.15, 0.2) is 0 Å². The Bertz CT molecular complexity index is 228. The molecule has 0 unspecified atom stereocenters. The molecule has 0 heterocycles. The van der Waals surface area contributed by atoms with Gasteiger partial charge in [-0.05, 0) is 0 Å². The summed E-state index contributed by atoms with van der Waals surface area (Å²) in [6, 6.07) is 0. The zero-order valence-electron chi connectivity index (χ0n) is 7.70. The highest BCUT2D eigenvalue weighted by molar-refractivity contribution is 5.85. The lowest BCUT2D eigenvalue weighted by atomic mass is 10.5. The molecule has 0 aliphatic heterocycles. The molecule has 0 spiro atoms. The maximum Gasteiger partial charge on any atom is 0.329 e. The number of carbonyl (C=O) groups excluding carboxylic acids is 2. The molecule has 14 heavy (non-hydrogen) atoms. The standard InChI is InChI=1S/C7H12N2O5/c1-8-5(10)2-9-6(11)3-14-4-7(12)13/h2-4H2,1H3,(H,8,10)(H,9,11)(H,12,13). The molecule has 0 aliphatic rings. The summed E-state index contributed by atoms with van der Waals surface area (Å²) in [5, 5.41) is 12.7. The first-order chi connectivity index (χ1) is 6.56. The van der Waals surface area contributed by atoms with Crippen LogP contribution in [0.25, 0.3) is 0 Å². The molecular weight excluding hydrogens is 192 g/mol. The number of carboxylic acids is 1. The number of rotatable bonds is 6. The Balaban J connectivity index is 3.46. The van der Waals surface area contributed by atoms with Crippen LogP contribution in [0.4, 0.5) is 0 Å². The van der Waals surface area contributed by atoms with E-state index in [1.807, 2.05) is 0 Å². The molecule has 0 fully saturated rings. The number of hydrogen-bond donors (Lipinski definition) is 3. The molecule has 7 heteroatoms. The van der Waals surface area contributed by atoms with Crippen molar-refractivity contribution in [2.24, 2.45) is 0 Å². The molecular formula is C7H12N2O5. The third-order valence-corrected chi connectivity index (χ3v) is 1.18. The van der Waals surface area contributed by atoms with Gasteiger partial charge < -0.3 is 20.5 Å². The van der Waals surface area contributed by atoms with E-state index in [9.17, 15) is 14.4 Å². The van der Waals surface area contributed by atoms with Crippen molar-refractivity contribution in [2.75, 3.05) is 26.8 Å². The van der Waals surface area contributed by atoms with Crippen molar-refractivity contribution in [3.63, 3.8) is 0 Å². The summed E-state index contributed by atoms with van der Waals surface area (Å²) in [6.07, 6.45) is 0. The van der Waals surface area contributed by atoms with Crippen LogP contribution >= 0.6 is 0 Å². The third kappa shape index (κ3) is 7.04. The molecule has 0 atom stereocenters. The van der Waals surface area contributed by atoms with Crippen LogP contribution in [0.5, 0.6) is 0 Å². The molecule has 2 amide bonds. The van der Waals surface area contributed by atoms with Gasteiger partial charge in [0, 0.05) is 7.05 Å². The summed E-state index contributed by atoms with van der Waals surface area (Å²) in [7, 11) is 1.44. The Morgan fingerprint density at radius 3 is 2.36 bits per heavy atom. The fourth-order valence-electron chi connectivity index (χ4n) is 0.549. The van der Waals surface area contributed by atoms with Gasteiger partial charge in [-0.1, -0.05) is 0 Å². The van der Waals surface area contributed by atoms with Crippen LogP contribution in [0.15, 0.2) is 0 Å². The lowest BCUT2D eigenvalue weighted by Gasteiger charge is -2.03. The highest BCUT2D eigenvalue weighted by Gasteiger charge is 2.04. The average Bonchev–Trinajstić information content (AvgIpc) is 2.13. The summed E-state index contributed by atoms with van der Waals surface area (Å²) < 4.78 is 4.48. The Morgan fingerprint density at radius 2 is 1.86 bits per heavy atom. The van der Waals surface area contributed by atoms with E-state index in [1.165, 1.54) is 7.05 Å². The molecule has 0 aromatic heterocycles. The van der Waals surface area contributed by atoms with Crippen molar-refractivity contribution >= 4 is 17.8 Å². The summed E-state index contributed by atoms with van der Waals surface area (Å²) in [6.45, 7) is -1.05. The van der Waals surface area contributed by atoms with E-state index in [1.54, 1.807) is 0 Å². The number of hydrogen-bond acceptors (Lipinski definition) is 4. The third-order valence-electron chi connectivity index (χ3n) is 1.18. The van der Waals surface area contributed by atoms with Crippen LogP contribution in [-0.4, -0.2) is 49.7 Å². The fraction of sp³-hybridized carbons (Fsp3) is 0.571. The van der Waals surface area contributed by atoms with Crippen LogP contribution in [0.1, 0.15) is 0 Å².